The third kappa shape index (κ3) is 6.13. The van der Waals surface area contributed by atoms with Crippen LogP contribution in [0.4, 0.5) is 15.3 Å². The number of aliphatic hydroxyl groups excluding tert-OH is 1. The van der Waals surface area contributed by atoms with Crippen LogP contribution in [0.2, 0.25) is 0 Å². The lowest BCUT2D eigenvalue weighted by Crippen LogP contribution is -2.28. The van der Waals surface area contributed by atoms with Crippen molar-refractivity contribution in [3.05, 3.63) is 53.9 Å². The number of benzene rings is 1. The topological polar surface area (TPSA) is 89.8 Å². The van der Waals surface area contributed by atoms with Gasteiger partial charge in [-0.3, -0.25) is 9.88 Å². The molecular formula is C21H28N2O5. The van der Waals surface area contributed by atoms with Crippen molar-refractivity contribution >= 4 is 17.9 Å². The molecule has 0 saturated heterocycles. The predicted octanol–water partition coefficient (Wildman–Crippen LogP) is 4.70. The zero-order valence-electron chi connectivity index (χ0n) is 17.1. The predicted molar refractivity (Wildman–Crippen MR) is 106 cm³/mol. The van der Waals surface area contributed by atoms with Crippen molar-refractivity contribution in [3.63, 3.8) is 0 Å². The summed E-state index contributed by atoms with van der Waals surface area (Å²) < 4.78 is 11.9. The van der Waals surface area contributed by atoms with Gasteiger partial charge in [-0.25, -0.2) is 9.59 Å². The Morgan fingerprint density at radius 3 is 2.25 bits per heavy atom. The molecule has 1 atom stereocenters. The maximum absolute atomic E-state index is 12.4. The van der Waals surface area contributed by atoms with E-state index in [2.05, 4.69) is 5.32 Å². The zero-order valence-corrected chi connectivity index (χ0v) is 17.1. The summed E-state index contributed by atoms with van der Waals surface area (Å²) in [6, 6.07) is 10.0. The smallest absolute Gasteiger partial charge is 0.418 e. The quantitative estimate of drug-likeness (QED) is 0.795. The van der Waals surface area contributed by atoms with Gasteiger partial charge in [0.1, 0.15) is 17.3 Å². The maximum atomic E-state index is 12.4. The van der Waals surface area contributed by atoms with Gasteiger partial charge in [-0.05, 0) is 71.4 Å². The number of amides is 1. The third-order valence-corrected chi connectivity index (χ3v) is 3.50. The van der Waals surface area contributed by atoms with Crippen molar-refractivity contribution in [1.29, 1.82) is 0 Å². The Bertz CT molecular complexity index is 843. The first-order chi connectivity index (χ1) is 12.9. The fourth-order valence-electron chi connectivity index (χ4n) is 2.47. The largest absolute Gasteiger partial charge is 0.444 e. The molecule has 1 aromatic heterocycles. The summed E-state index contributed by atoms with van der Waals surface area (Å²) in [4.78, 5) is 24.3. The van der Waals surface area contributed by atoms with Crippen LogP contribution in [0.15, 0.2) is 42.6 Å². The van der Waals surface area contributed by atoms with Gasteiger partial charge in [0.15, 0.2) is 0 Å². The van der Waals surface area contributed by atoms with E-state index in [1.54, 1.807) is 77.9 Å². The first kappa shape index (κ1) is 21.5. The van der Waals surface area contributed by atoms with Crippen molar-refractivity contribution in [2.45, 2.75) is 58.8 Å². The number of aliphatic hydroxyl groups is 1. The molecule has 1 unspecified atom stereocenters. The van der Waals surface area contributed by atoms with Gasteiger partial charge in [-0.15, -0.1) is 0 Å². The van der Waals surface area contributed by atoms with Crippen molar-refractivity contribution in [2.75, 3.05) is 5.32 Å². The molecule has 7 nitrogen and oxygen atoms in total. The van der Waals surface area contributed by atoms with Crippen LogP contribution in [0.1, 0.15) is 58.9 Å². The monoisotopic (exact) mass is 388 g/mol. The van der Waals surface area contributed by atoms with Crippen LogP contribution in [-0.4, -0.2) is 33.1 Å². The van der Waals surface area contributed by atoms with Gasteiger partial charge in [-0.1, -0.05) is 12.1 Å². The van der Waals surface area contributed by atoms with Gasteiger partial charge in [-0.2, -0.15) is 0 Å². The van der Waals surface area contributed by atoms with E-state index in [4.69, 9.17) is 9.47 Å². The van der Waals surface area contributed by atoms with E-state index < -0.39 is 29.5 Å². The molecular weight excluding hydrogens is 360 g/mol. The average Bonchev–Trinajstić information content (AvgIpc) is 3.00. The molecule has 2 rings (SSSR count). The summed E-state index contributed by atoms with van der Waals surface area (Å²) >= 11 is 0. The molecule has 0 spiro atoms. The number of nitrogens with one attached hydrogen (secondary N) is 1. The van der Waals surface area contributed by atoms with Gasteiger partial charge in [0.25, 0.3) is 0 Å². The van der Waals surface area contributed by atoms with Gasteiger partial charge >= 0.3 is 12.2 Å². The number of hydrogen-bond acceptors (Lipinski definition) is 5. The molecule has 0 saturated carbocycles. The molecule has 152 valence electrons. The van der Waals surface area contributed by atoms with E-state index in [1.165, 1.54) is 10.8 Å². The molecule has 0 aliphatic carbocycles. The molecule has 1 amide bonds. The van der Waals surface area contributed by atoms with Gasteiger partial charge in [0.2, 0.25) is 0 Å². The molecule has 0 fully saturated rings. The molecule has 1 heterocycles. The first-order valence-corrected chi connectivity index (χ1v) is 9.04. The summed E-state index contributed by atoms with van der Waals surface area (Å²) in [7, 11) is 0. The molecule has 1 aromatic carbocycles. The van der Waals surface area contributed by atoms with Crippen LogP contribution < -0.4 is 5.32 Å². The van der Waals surface area contributed by atoms with E-state index in [9.17, 15) is 14.7 Å². The van der Waals surface area contributed by atoms with Crippen molar-refractivity contribution in [3.8, 4) is 0 Å². The summed E-state index contributed by atoms with van der Waals surface area (Å²) in [6.07, 6.45) is -0.705. The molecule has 7 heteroatoms. The Labute approximate surface area is 165 Å². The minimum Gasteiger partial charge on any atom is -0.444 e. The highest BCUT2D eigenvalue weighted by Crippen LogP contribution is 2.26. The number of ether oxygens (including phenoxy) is 2. The molecule has 28 heavy (non-hydrogen) atoms. The second-order valence-electron chi connectivity index (χ2n) is 8.44. The first-order valence-electron chi connectivity index (χ1n) is 9.04. The van der Waals surface area contributed by atoms with E-state index in [1.807, 2.05) is 0 Å². The average molecular weight is 388 g/mol. The maximum Gasteiger partial charge on any atom is 0.418 e. The Morgan fingerprint density at radius 2 is 1.64 bits per heavy atom. The Balaban J connectivity index is 2.20. The Kier molecular flexibility index (Phi) is 6.19. The van der Waals surface area contributed by atoms with Crippen LogP contribution in [0.3, 0.4) is 0 Å². The lowest BCUT2D eigenvalue weighted by atomic mass is 10.1. The zero-order chi connectivity index (χ0) is 21.1. The lowest BCUT2D eigenvalue weighted by Gasteiger charge is -2.22. The standard InChI is InChI=1S/C21H28N2O5/c1-20(2,3)27-18(25)22-15-10-7-9-14(13-15)17(24)16-11-8-12-23(16)19(26)28-21(4,5)6/h7-13,17,24H,1-6H3,(H,22,25). The van der Waals surface area contributed by atoms with Crippen molar-refractivity contribution < 1.29 is 24.2 Å². The van der Waals surface area contributed by atoms with E-state index in [0.717, 1.165) is 0 Å². The highest BCUT2D eigenvalue weighted by atomic mass is 16.6. The van der Waals surface area contributed by atoms with Crippen molar-refractivity contribution in [2.24, 2.45) is 0 Å². The Hall–Kier alpha value is -2.80. The second kappa shape index (κ2) is 8.06. The van der Waals surface area contributed by atoms with Crippen molar-refractivity contribution in [1.82, 2.24) is 4.57 Å². The highest BCUT2D eigenvalue weighted by Gasteiger charge is 2.23. The van der Waals surface area contributed by atoms with Crippen LogP contribution in [-0.2, 0) is 9.47 Å². The van der Waals surface area contributed by atoms with Crippen LogP contribution in [0.25, 0.3) is 0 Å². The molecule has 0 aliphatic rings. The number of hydrogen-bond donors (Lipinski definition) is 2. The van der Waals surface area contributed by atoms with E-state index in [-0.39, 0.29) is 0 Å². The molecule has 2 aromatic rings. The van der Waals surface area contributed by atoms with Gasteiger partial charge in [0.05, 0.1) is 5.69 Å². The van der Waals surface area contributed by atoms with E-state index >= 15 is 0 Å². The normalized spacial score (nSPS) is 13.0. The number of nitrogens with zero attached hydrogens (tertiary/aromatic N) is 1. The van der Waals surface area contributed by atoms with Crippen LogP contribution in [0, 0.1) is 0 Å². The summed E-state index contributed by atoms with van der Waals surface area (Å²) in [5.41, 5.74) is 0.0814. The SMILES string of the molecule is CC(C)(C)OC(=O)Nc1cccc(C(O)c2cccn2C(=O)OC(C)(C)C)c1. The molecule has 0 radical (unpaired) electrons. The lowest BCUT2D eigenvalue weighted by molar-refractivity contribution is 0.0519. The fraction of sp³-hybridized carbons (Fsp3) is 0.429. The number of rotatable bonds is 3. The molecule has 0 bridgehead atoms. The minimum atomic E-state index is -1.08. The van der Waals surface area contributed by atoms with Gasteiger partial charge in [0, 0.05) is 11.9 Å². The fourth-order valence-corrected chi connectivity index (χ4v) is 2.47. The summed E-state index contributed by atoms with van der Waals surface area (Å²) in [6.45, 7) is 10.6. The minimum absolute atomic E-state index is 0.365. The van der Waals surface area contributed by atoms with Gasteiger partial charge < -0.3 is 14.6 Å². The Morgan fingerprint density at radius 1 is 1.00 bits per heavy atom. The summed E-state index contributed by atoms with van der Waals surface area (Å²) in [5.74, 6) is 0. The van der Waals surface area contributed by atoms with Crippen LogP contribution >= 0.6 is 0 Å². The molecule has 0 aliphatic heterocycles. The number of aromatic nitrogens is 1. The number of anilines is 1. The second-order valence-corrected chi connectivity index (χ2v) is 8.44. The van der Waals surface area contributed by atoms with Crippen LogP contribution in [0.5, 0.6) is 0 Å². The highest BCUT2D eigenvalue weighted by molar-refractivity contribution is 5.85. The number of carbonyl (C=O) groups excluding carboxylic acids is 2. The number of carbonyl (C=O) groups is 2. The van der Waals surface area contributed by atoms with E-state index in [0.29, 0.717) is 16.9 Å². The summed E-state index contributed by atoms with van der Waals surface area (Å²) in [5, 5.41) is 13.4. The third-order valence-electron chi connectivity index (χ3n) is 3.50. The molecule has 2 N–H and O–H groups in total.